The number of amides is 1. The number of piperazine rings is 1. The number of carbonyl (C=O) groups excluding carboxylic acids is 1. The highest BCUT2D eigenvalue weighted by Gasteiger charge is 2.17. The van der Waals surface area contributed by atoms with Crippen LogP contribution in [0.25, 0.3) is 33.5 Å². The van der Waals surface area contributed by atoms with Crippen molar-refractivity contribution in [2.75, 3.05) is 45.7 Å². The number of phenols is 1. The topological polar surface area (TPSA) is 107 Å². The van der Waals surface area contributed by atoms with E-state index >= 15 is 0 Å². The number of aromatic nitrogens is 3. The van der Waals surface area contributed by atoms with E-state index in [2.05, 4.69) is 50.1 Å². The lowest BCUT2D eigenvalue weighted by molar-refractivity contribution is 0.102. The van der Waals surface area contributed by atoms with Crippen LogP contribution in [0.3, 0.4) is 0 Å². The summed E-state index contributed by atoms with van der Waals surface area (Å²) in [4.78, 5) is 30.2. The molecule has 3 heterocycles. The van der Waals surface area contributed by atoms with Crippen LogP contribution in [0, 0.1) is 6.92 Å². The zero-order chi connectivity index (χ0) is 29.2. The van der Waals surface area contributed by atoms with Gasteiger partial charge in [-0.1, -0.05) is 12.1 Å². The molecular weight excluding hydrogens is 528 g/mol. The van der Waals surface area contributed by atoms with Crippen LogP contribution in [0.2, 0.25) is 0 Å². The number of pyridine rings is 1. The number of H-pyrrole nitrogens is 1. The standard InChI is InChI=1S/C33H34N6O3/c1-21-17-25(9-6-24(21)20-39-15-13-38(2)14-16-39)35-32(41)23-7-10-28-29(19-23)37-31(36-28)27-18-22(8-11-30(27)40)26-5-4-12-34-33(26)42-3/h4-12,17-19,40H,13-16,20H2,1-3H3,(H,35,41)(H,36,37). The summed E-state index contributed by atoms with van der Waals surface area (Å²) >= 11 is 0. The number of nitrogens with one attached hydrogen (secondary N) is 2. The van der Waals surface area contributed by atoms with Gasteiger partial charge in [0.1, 0.15) is 11.6 Å². The number of methoxy groups -OCH3 is 1. The first-order valence-electron chi connectivity index (χ1n) is 14.0. The van der Waals surface area contributed by atoms with Crippen molar-refractivity contribution < 1.29 is 14.6 Å². The Bertz CT molecular complexity index is 1760. The number of carbonyl (C=O) groups is 1. The minimum absolute atomic E-state index is 0.0880. The van der Waals surface area contributed by atoms with Gasteiger partial charge in [-0.15, -0.1) is 0 Å². The van der Waals surface area contributed by atoms with Crippen molar-refractivity contribution in [3.63, 3.8) is 0 Å². The Morgan fingerprint density at radius 1 is 1.02 bits per heavy atom. The molecule has 9 heteroatoms. The maximum absolute atomic E-state index is 13.2. The van der Waals surface area contributed by atoms with Gasteiger partial charge >= 0.3 is 0 Å². The predicted octanol–water partition coefficient (Wildman–Crippen LogP) is 5.31. The van der Waals surface area contributed by atoms with Gasteiger partial charge in [-0.2, -0.15) is 0 Å². The van der Waals surface area contributed by atoms with E-state index in [4.69, 9.17) is 4.74 Å². The number of nitrogens with zero attached hydrogens (tertiary/aromatic N) is 4. The molecule has 3 N–H and O–H groups in total. The van der Waals surface area contributed by atoms with E-state index in [-0.39, 0.29) is 11.7 Å². The van der Waals surface area contributed by atoms with Crippen molar-refractivity contribution >= 4 is 22.6 Å². The highest BCUT2D eigenvalue weighted by atomic mass is 16.5. The Hall–Kier alpha value is -4.73. The van der Waals surface area contributed by atoms with Gasteiger partial charge in [-0.05, 0) is 85.3 Å². The number of rotatable bonds is 7. The van der Waals surface area contributed by atoms with Crippen molar-refractivity contribution in [3.05, 3.63) is 89.6 Å². The fourth-order valence-electron chi connectivity index (χ4n) is 5.35. The fraction of sp³-hybridized carbons (Fsp3) is 0.242. The molecule has 3 aromatic carbocycles. The minimum Gasteiger partial charge on any atom is -0.507 e. The molecule has 1 aliphatic heterocycles. The molecule has 214 valence electrons. The number of aromatic hydroxyl groups is 1. The van der Waals surface area contributed by atoms with Crippen LogP contribution < -0.4 is 10.1 Å². The van der Waals surface area contributed by atoms with Crippen molar-refractivity contribution in [3.8, 4) is 34.1 Å². The van der Waals surface area contributed by atoms with Crippen LogP contribution >= 0.6 is 0 Å². The van der Waals surface area contributed by atoms with Gasteiger partial charge in [-0.3, -0.25) is 9.69 Å². The minimum atomic E-state index is -0.201. The van der Waals surface area contributed by atoms with Gasteiger partial charge in [0.25, 0.3) is 5.91 Å². The third kappa shape index (κ3) is 5.70. The number of anilines is 1. The van der Waals surface area contributed by atoms with Gasteiger partial charge in [0, 0.05) is 55.7 Å². The second kappa shape index (κ2) is 11.6. The third-order valence-electron chi connectivity index (χ3n) is 7.86. The van der Waals surface area contributed by atoms with E-state index in [0.29, 0.717) is 33.9 Å². The number of hydrogen-bond acceptors (Lipinski definition) is 7. The molecule has 0 spiro atoms. The number of ether oxygens (including phenoxy) is 1. The molecule has 42 heavy (non-hydrogen) atoms. The largest absolute Gasteiger partial charge is 0.507 e. The van der Waals surface area contributed by atoms with Crippen LogP contribution in [0.5, 0.6) is 11.6 Å². The second-order valence-electron chi connectivity index (χ2n) is 10.8. The smallest absolute Gasteiger partial charge is 0.255 e. The number of imidazole rings is 1. The zero-order valence-corrected chi connectivity index (χ0v) is 24.0. The van der Waals surface area contributed by atoms with Crippen LogP contribution in [0.4, 0.5) is 5.69 Å². The van der Waals surface area contributed by atoms with Crippen molar-refractivity contribution in [1.82, 2.24) is 24.8 Å². The van der Waals surface area contributed by atoms with Crippen LogP contribution in [-0.4, -0.2) is 76.1 Å². The van der Waals surface area contributed by atoms with Gasteiger partial charge in [0.2, 0.25) is 5.88 Å². The van der Waals surface area contributed by atoms with E-state index in [1.165, 1.54) is 5.56 Å². The predicted molar refractivity (Wildman–Crippen MR) is 165 cm³/mol. The Kier molecular flexibility index (Phi) is 7.60. The Labute approximate surface area is 244 Å². The van der Waals surface area contributed by atoms with E-state index in [1.54, 1.807) is 37.6 Å². The average Bonchev–Trinajstić information content (AvgIpc) is 3.43. The number of benzene rings is 3. The first kappa shape index (κ1) is 27.4. The SMILES string of the molecule is COc1ncccc1-c1ccc(O)c(-c2nc3ccc(C(=O)Nc4ccc(CN5CCN(C)CC5)c(C)c4)cc3[nH]2)c1. The number of aromatic amines is 1. The highest BCUT2D eigenvalue weighted by molar-refractivity contribution is 6.06. The molecule has 2 aromatic heterocycles. The molecule has 0 radical (unpaired) electrons. The summed E-state index contributed by atoms with van der Waals surface area (Å²) in [6.45, 7) is 7.31. The lowest BCUT2D eigenvalue weighted by Gasteiger charge is -2.32. The second-order valence-corrected chi connectivity index (χ2v) is 10.8. The molecule has 1 amide bonds. The monoisotopic (exact) mass is 562 g/mol. The summed E-state index contributed by atoms with van der Waals surface area (Å²) in [5, 5.41) is 13.7. The first-order valence-corrected chi connectivity index (χ1v) is 14.0. The van der Waals surface area contributed by atoms with Gasteiger partial charge < -0.3 is 25.0 Å². The molecule has 1 saturated heterocycles. The van der Waals surface area contributed by atoms with Crippen molar-refractivity contribution in [1.29, 1.82) is 0 Å². The van der Waals surface area contributed by atoms with E-state index in [1.807, 2.05) is 36.4 Å². The molecule has 0 saturated carbocycles. The number of likely N-dealkylation sites (N-methyl/N-ethyl adjacent to an activating group) is 1. The molecule has 0 atom stereocenters. The van der Waals surface area contributed by atoms with Gasteiger partial charge in [0.15, 0.2) is 0 Å². The maximum Gasteiger partial charge on any atom is 0.255 e. The normalized spacial score (nSPS) is 14.3. The van der Waals surface area contributed by atoms with Gasteiger partial charge in [0.05, 0.1) is 23.7 Å². The molecule has 0 bridgehead atoms. The zero-order valence-electron chi connectivity index (χ0n) is 24.0. The molecule has 5 aromatic rings. The van der Waals surface area contributed by atoms with E-state index in [0.717, 1.165) is 55.1 Å². The number of fused-ring (bicyclic) bond motifs is 1. The van der Waals surface area contributed by atoms with Crippen LogP contribution in [0.1, 0.15) is 21.5 Å². The van der Waals surface area contributed by atoms with Crippen molar-refractivity contribution in [2.45, 2.75) is 13.5 Å². The maximum atomic E-state index is 13.2. The highest BCUT2D eigenvalue weighted by Crippen LogP contribution is 2.35. The molecule has 0 aliphatic carbocycles. The lowest BCUT2D eigenvalue weighted by Crippen LogP contribution is -2.43. The Morgan fingerprint density at radius 3 is 2.64 bits per heavy atom. The summed E-state index contributed by atoms with van der Waals surface area (Å²) in [7, 11) is 3.74. The summed E-state index contributed by atoms with van der Waals surface area (Å²) < 4.78 is 5.41. The number of hydrogen-bond donors (Lipinski definition) is 3. The summed E-state index contributed by atoms with van der Waals surface area (Å²) in [5.41, 5.74) is 7.26. The quantitative estimate of drug-likeness (QED) is 0.247. The third-order valence-corrected chi connectivity index (χ3v) is 7.86. The van der Waals surface area contributed by atoms with Crippen LogP contribution in [-0.2, 0) is 6.54 Å². The fourth-order valence-corrected chi connectivity index (χ4v) is 5.35. The molecule has 9 nitrogen and oxygen atoms in total. The number of aryl methyl sites for hydroxylation is 1. The summed E-state index contributed by atoms with van der Waals surface area (Å²) in [6, 6.07) is 20.5. The lowest BCUT2D eigenvalue weighted by atomic mass is 10.0. The number of phenolic OH excluding ortho intramolecular Hbond substituents is 1. The molecule has 6 rings (SSSR count). The average molecular weight is 563 g/mol. The molecule has 1 aliphatic rings. The Balaban J connectivity index is 1.20. The molecule has 1 fully saturated rings. The van der Waals surface area contributed by atoms with E-state index in [9.17, 15) is 9.90 Å². The van der Waals surface area contributed by atoms with Gasteiger partial charge in [-0.25, -0.2) is 9.97 Å². The van der Waals surface area contributed by atoms with Crippen molar-refractivity contribution in [2.24, 2.45) is 0 Å². The summed E-state index contributed by atoms with van der Waals surface area (Å²) in [5.74, 6) is 0.878. The Morgan fingerprint density at radius 2 is 1.86 bits per heavy atom. The molecular formula is C33H34N6O3. The van der Waals surface area contributed by atoms with Crippen LogP contribution in [0.15, 0.2) is 72.9 Å². The van der Waals surface area contributed by atoms with E-state index < -0.39 is 0 Å². The summed E-state index contributed by atoms with van der Waals surface area (Å²) in [6.07, 6.45) is 1.67. The first-order chi connectivity index (χ1) is 20.4. The molecule has 0 unspecified atom stereocenters.